The highest BCUT2D eigenvalue weighted by atomic mass is 19.1. The van der Waals surface area contributed by atoms with Crippen molar-refractivity contribution in [2.24, 2.45) is 11.1 Å². The highest BCUT2D eigenvalue weighted by Crippen LogP contribution is 2.49. The molecule has 2 rings (SSSR count). The largest absolute Gasteiger partial charge is 0.496 e. The SMILES string of the molecule is COc1ccc(F)cc1C1(C(C)(C)CN)COC1. The van der Waals surface area contributed by atoms with Gasteiger partial charge in [-0.25, -0.2) is 4.39 Å². The van der Waals surface area contributed by atoms with E-state index in [4.69, 9.17) is 15.2 Å². The van der Waals surface area contributed by atoms with Gasteiger partial charge in [-0.1, -0.05) is 13.8 Å². The topological polar surface area (TPSA) is 44.5 Å². The molecule has 0 atom stereocenters. The van der Waals surface area contributed by atoms with Gasteiger partial charge in [-0.05, 0) is 30.2 Å². The summed E-state index contributed by atoms with van der Waals surface area (Å²) < 4.78 is 24.3. The van der Waals surface area contributed by atoms with Gasteiger partial charge in [-0.2, -0.15) is 0 Å². The maximum absolute atomic E-state index is 13.5. The first kappa shape index (κ1) is 13.3. The van der Waals surface area contributed by atoms with Crippen molar-refractivity contribution in [3.8, 4) is 5.75 Å². The van der Waals surface area contributed by atoms with Crippen LogP contribution in [0.1, 0.15) is 19.4 Å². The van der Waals surface area contributed by atoms with Crippen LogP contribution >= 0.6 is 0 Å². The van der Waals surface area contributed by atoms with Gasteiger partial charge in [0.15, 0.2) is 0 Å². The minimum atomic E-state index is -0.269. The molecule has 4 heteroatoms. The average molecular weight is 253 g/mol. The van der Waals surface area contributed by atoms with Gasteiger partial charge in [0, 0.05) is 5.56 Å². The maximum Gasteiger partial charge on any atom is 0.123 e. The highest BCUT2D eigenvalue weighted by molar-refractivity contribution is 5.43. The molecule has 0 amide bonds. The van der Waals surface area contributed by atoms with Gasteiger partial charge in [0.05, 0.1) is 25.7 Å². The van der Waals surface area contributed by atoms with Gasteiger partial charge >= 0.3 is 0 Å². The van der Waals surface area contributed by atoms with Gasteiger partial charge in [-0.15, -0.1) is 0 Å². The Morgan fingerprint density at radius 1 is 1.44 bits per heavy atom. The standard InChI is InChI=1S/C14H20FNO2/c1-13(2,7-16)14(8-18-9-14)11-6-10(15)4-5-12(11)17-3/h4-6H,7-9,16H2,1-3H3. The van der Waals surface area contributed by atoms with Crippen LogP contribution in [0.25, 0.3) is 0 Å². The number of benzene rings is 1. The number of hydrogen-bond donors (Lipinski definition) is 1. The van der Waals surface area contributed by atoms with Crippen molar-refractivity contribution < 1.29 is 13.9 Å². The van der Waals surface area contributed by atoms with E-state index in [0.717, 1.165) is 5.56 Å². The summed E-state index contributed by atoms with van der Waals surface area (Å²) >= 11 is 0. The van der Waals surface area contributed by atoms with E-state index in [0.29, 0.717) is 25.5 Å². The summed E-state index contributed by atoms with van der Waals surface area (Å²) in [6.07, 6.45) is 0. The number of nitrogens with two attached hydrogens (primary N) is 1. The Hall–Kier alpha value is -1.13. The zero-order chi connectivity index (χ0) is 13.4. The van der Waals surface area contributed by atoms with Crippen LogP contribution in [-0.4, -0.2) is 26.9 Å². The number of ether oxygens (including phenoxy) is 2. The van der Waals surface area contributed by atoms with Crippen LogP contribution in [0.2, 0.25) is 0 Å². The fourth-order valence-electron chi connectivity index (χ4n) is 2.47. The van der Waals surface area contributed by atoms with Gasteiger partial charge in [0.25, 0.3) is 0 Å². The molecule has 0 bridgehead atoms. The van der Waals surface area contributed by atoms with Crippen molar-refractivity contribution in [1.82, 2.24) is 0 Å². The number of rotatable bonds is 4. The highest BCUT2D eigenvalue weighted by Gasteiger charge is 2.52. The van der Waals surface area contributed by atoms with Crippen molar-refractivity contribution in [3.05, 3.63) is 29.6 Å². The molecule has 0 radical (unpaired) electrons. The Kier molecular flexibility index (Phi) is 3.34. The lowest BCUT2D eigenvalue weighted by Crippen LogP contribution is -2.59. The Morgan fingerprint density at radius 3 is 2.56 bits per heavy atom. The van der Waals surface area contributed by atoms with Gasteiger partial charge in [0.1, 0.15) is 11.6 Å². The normalized spacial score (nSPS) is 18.3. The predicted octanol–water partition coefficient (Wildman–Crippen LogP) is 2.09. The van der Waals surface area contributed by atoms with Gasteiger partial charge in [-0.3, -0.25) is 0 Å². The smallest absolute Gasteiger partial charge is 0.123 e. The Morgan fingerprint density at radius 2 is 2.11 bits per heavy atom. The second-order valence-corrected chi connectivity index (χ2v) is 5.51. The monoisotopic (exact) mass is 253 g/mol. The molecular weight excluding hydrogens is 233 g/mol. The molecule has 1 aliphatic heterocycles. The van der Waals surface area contributed by atoms with Crippen LogP contribution in [-0.2, 0) is 10.2 Å². The van der Waals surface area contributed by atoms with E-state index >= 15 is 0 Å². The summed E-state index contributed by atoms with van der Waals surface area (Å²) in [6, 6.07) is 4.61. The zero-order valence-electron chi connectivity index (χ0n) is 11.1. The number of hydrogen-bond acceptors (Lipinski definition) is 3. The van der Waals surface area contributed by atoms with E-state index in [-0.39, 0.29) is 16.6 Å². The van der Waals surface area contributed by atoms with Gasteiger partial charge in [0.2, 0.25) is 0 Å². The van der Waals surface area contributed by atoms with Crippen LogP contribution in [0.15, 0.2) is 18.2 Å². The van der Waals surface area contributed by atoms with E-state index in [1.807, 2.05) is 0 Å². The third kappa shape index (κ3) is 1.80. The van der Waals surface area contributed by atoms with Crippen molar-refractivity contribution >= 4 is 0 Å². The molecule has 0 unspecified atom stereocenters. The molecule has 1 heterocycles. The first-order valence-electron chi connectivity index (χ1n) is 6.09. The molecule has 0 aliphatic carbocycles. The van der Waals surface area contributed by atoms with Crippen molar-refractivity contribution in [3.63, 3.8) is 0 Å². The fraction of sp³-hybridized carbons (Fsp3) is 0.571. The zero-order valence-corrected chi connectivity index (χ0v) is 11.1. The lowest BCUT2D eigenvalue weighted by atomic mass is 9.60. The third-order valence-corrected chi connectivity index (χ3v) is 4.18. The molecule has 1 fully saturated rings. The molecule has 1 saturated heterocycles. The molecule has 0 spiro atoms. The van der Waals surface area contributed by atoms with Crippen LogP contribution in [0.3, 0.4) is 0 Å². The summed E-state index contributed by atoms with van der Waals surface area (Å²) in [4.78, 5) is 0. The van der Waals surface area contributed by atoms with E-state index < -0.39 is 0 Å². The molecule has 1 aromatic rings. The summed E-state index contributed by atoms with van der Waals surface area (Å²) in [5.74, 6) is 0.436. The summed E-state index contributed by atoms with van der Waals surface area (Å²) in [5, 5.41) is 0. The van der Waals surface area contributed by atoms with E-state index in [1.165, 1.54) is 6.07 Å². The average Bonchev–Trinajstić information content (AvgIpc) is 2.27. The molecular formula is C14H20FNO2. The third-order valence-electron chi connectivity index (χ3n) is 4.18. The van der Waals surface area contributed by atoms with Crippen LogP contribution in [0, 0.1) is 11.2 Å². The van der Waals surface area contributed by atoms with Crippen molar-refractivity contribution in [2.75, 3.05) is 26.9 Å². The van der Waals surface area contributed by atoms with Crippen LogP contribution in [0.4, 0.5) is 4.39 Å². The molecule has 1 aliphatic rings. The molecule has 2 N–H and O–H groups in total. The second kappa shape index (κ2) is 4.52. The lowest BCUT2D eigenvalue weighted by molar-refractivity contribution is -0.117. The maximum atomic E-state index is 13.5. The van der Waals surface area contributed by atoms with Crippen molar-refractivity contribution in [1.29, 1.82) is 0 Å². The minimum absolute atomic E-state index is 0.174. The first-order chi connectivity index (χ1) is 8.47. The van der Waals surface area contributed by atoms with Crippen LogP contribution in [0.5, 0.6) is 5.75 Å². The Labute approximate surface area is 107 Å². The molecule has 3 nitrogen and oxygen atoms in total. The van der Waals surface area contributed by atoms with E-state index in [9.17, 15) is 4.39 Å². The number of methoxy groups -OCH3 is 1. The number of halogens is 1. The minimum Gasteiger partial charge on any atom is -0.496 e. The predicted molar refractivity (Wildman–Crippen MR) is 68.3 cm³/mol. The summed E-state index contributed by atoms with van der Waals surface area (Å²) in [7, 11) is 1.60. The second-order valence-electron chi connectivity index (χ2n) is 5.51. The lowest BCUT2D eigenvalue weighted by Gasteiger charge is -2.52. The Balaban J connectivity index is 2.54. The molecule has 100 valence electrons. The van der Waals surface area contributed by atoms with Crippen LogP contribution < -0.4 is 10.5 Å². The fourth-order valence-corrected chi connectivity index (χ4v) is 2.47. The summed E-state index contributed by atoms with van der Waals surface area (Å²) in [6.45, 7) is 5.78. The summed E-state index contributed by atoms with van der Waals surface area (Å²) in [5.41, 5.74) is 6.29. The molecule has 18 heavy (non-hydrogen) atoms. The van der Waals surface area contributed by atoms with E-state index in [2.05, 4.69) is 13.8 Å². The molecule has 0 saturated carbocycles. The molecule has 0 aromatic heterocycles. The van der Waals surface area contributed by atoms with Gasteiger partial charge < -0.3 is 15.2 Å². The van der Waals surface area contributed by atoms with Crippen molar-refractivity contribution in [2.45, 2.75) is 19.3 Å². The quantitative estimate of drug-likeness (QED) is 0.893. The first-order valence-corrected chi connectivity index (χ1v) is 6.09. The van der Waals surface area contributed by atoms with E-state index in [1.54, 1.807) is 19.2 Å². The molecule has 1 aromatic carbocycles. The Bertz CT molecular complexity index is 441.